The summed E-state index contributed by atoms with van der Waals surface area (Å²) in [6.45, 7) is 3.62. The second-order valence-corrected chi connectivity index (χ2v) is 7.54. The molecule has 0 radical (unpaired) electrons. The first-order chi connectivity index (χ1) is 9.81. The van der Waals surface area contributed by atoms with Gasteiger partial charge in [0.1, 0.15) is 9.84 Å². The molecule has 0 unspecified atom stereocenters. The van der Waals surface area contributed by atoms with E-state index in [0.717, 1.165) is 12.1 Å². The van der Waals surface area contributed by atoms with Crippen LogP contribution < -0.4 is 5.32 Å². The second-order valence-electron chi connectivity index (χ2n) is 4.85. The molecule has 7 heteroatoms. The molecule has 1 N–H and O–H groups in total. The van der Waals surface area contributed by atoms with Crippen LogP contribution in [0.3, 0.4) is 0 Å². The van der Waals surface area contributed by atoms with Gasteiger partial charge in [0.15, 0.2) is 5.96 Å². The summed E-state index contributed by atoms with van der Waals surface area (Å²) in [5.74, 6) is 0.743. The minimum Gasteiger partial charge on any atom is -0.357 e. The van der Waals surface area contributed by atoms with Crippen molar-refractivity contribution in [3.63, 3.8) is 0 Å². The zero-order valence-electron chi connectivity index (χ0n) is 12.6. The fourth-order valence-corrected chi connectivity index (χ4v) is 2.27. The summed E-state index contributed by atoms with van der Waals surface area (Å²) in [6.07, 6.45) is 1.22. The first kappa shape index (κ1) is 17.8. The van der Waals surface area contributed by atoms with E-state index in [2.05, 4.69) is 10.3 Å². The maximum atomic E-state index is 11.1. The molecule has 0 aromatic heterocycles. The number of aliphatic imine (C=N–C) groups is 1. The van der Waals surface area contributed by atoms with Crippen molar-refractivity contribution in [3.8, 4) is 0 Å². The van der Waals surface area contributed by atoms with Crippen molar-refractivity contribution >= 4 is 27.4 Å². The van der Waals surface area contributed by atoms with E-state index < -0.39 is 9.84 Å². The molecule has 0 amide bonds. The number of nitrogens with zero attached hydrogens (tertiary/aromatic N) is 2. The van der Waals surface area contributed by atoms with Crippen molar-refractivity contribution in [3.05, 3.63) is 34.9 Å². The number of halogens is 1. The van der Waals surface area contributed by atoms with Crippen LogP contribution in [-0.2, 0) is 16.4 Å². The summed E-state index contributed by atoms with van der Waals surface area (Å²) >= 11 is 5.87. The molecular weight excluding hydrogens is 310 g/mol. The summed E-state index contributed by atoms with van der Waals surface area (Å²) < 4.78 is 22.3. The second kappa shape index (κ2) is 8.24. The fourth-order valence-electron chi connectivity index (χ4n) is 1.73. The summed E-state index contributed by atoms with van der Waals surface area (Å²) in [4.78, 5) is 6.29. The Hall–Kier alpha value is -1.27. The molecule has 0 saturated heterocycles. The first-order valence-electron chi connectivity index (χ1n) is 6.73. The van der Waals surface area contributed by atoms with Crippen LogP contribution in [0.4, 0.5) is 0 Å². The summed E-state index contributed by atoms with van der Waals surface area (Å²) in [5, 5.41) is 3.86. The lowest BCUT2D eigenvalue weighted by Gasteiger charge is -2.22. The van der Waals surface area contributed by atoms with Crippen molar-refractivity contribution in [1.82, 2.24) is 10.2 Å². The zero-order chi connectivity index (χ0) is 15.9. The lowest BCUT2D eigenvalue weighted by atomic mass is 10.2. The maximum absolute atomic E-state index is 11.1. The van der Waals surface area contributed by atoms with Gasteiger partial charge >= 0.3 is 0 Å². The van der Waals surface area contributed by atoms with Crippen molar-refractivity contribution in [2.45, 2.75) is 13.5 Å². The van der Waals surface area contributed by atoms with Gasteiger partial charge in [-0.25, -0.2) is 8.42 Å². The highest BCUT2D eigenvalue weighted by molar-refractivity contribution is 7.90. The van der Waals surface area contributed by atoms with Crippen LogP contribution in [0.1, 0.15) is 12.5 Å². The SMILES string of the molecule is CCNC(=NCCS(C)(=O)=O)N(C)Cc1ccc(Cl)cc1. The van der Waals surface area contributed by atoms with Gasteiger partial charge in [0.05, 0.1) is 12.3 Å². The predicted molar refractivity (Wildman–Crippen MR) is 88.6 cm³/mol. The zero-order valence-corrected chi connectivity index (χ0v) is 14.2. The summed E-state index contributed by atoms with van der Waals surface area (Å²) in [5.41, 5.74) is 1.11. The molecule has 5 nitrogen and oxygen atoms in total. The van der Waals surface area contributed by atoms with E-state index in [4.69, 9.17) is 11.6 Å². The van der Waals surface area contributed by atoms with Crippen LogP contribution in [0.15, 0.2) is 29.3 Å². The molecule has 0 spiro atoms. The topological polar surface area (TPSA) is 61.8 Å². The third-order valence-electron chi connectivity index (χ3n) is 2.75. The van der Waals surface area contributed by atoms with Crippen LogP contribution >= 0.6 is 11.6 Å². The van der Waals surface area contributed by atoms with Gasteiger partial charge in [0, 0.05) is 31.4 Å². The average Bonchev–Trinajstić information content (AvgIpc) is 2.39. The minimum absolute atomic E-state index is 0.0523. The molecule has 0 aliphatic rings. The van der Waals surface area contributed by atoms with Crippen LogP contribution in [0, 0.1) is 0 Å². The monoisotopic (exact) mass is 331 g/mol. The molecule has 21 heavy (non-hydrogen) atoms. The molecule has 0 saturated carbocycles. The largest absolute Gasteiger partial charge is 0.357 e. The van der Waals surface area contributed by atoms with Crippen LogP contribution in [-0.4, -0.2) is 51.4 Å². The van der Waals surface area contributed by atoms with Crippen LogP contribution in [0.25, 0.3) is 0 Å². The number of rotatable bonds is 6. The number of hydrogen-bond donors (Lipinski definition) is 1. The van der Waals surface area contributed by atoms with E-state index in [1.807, 2.05) is 43.1 Å². The number of guanidine groups is 1. The lowest BCUT2D eigenvalue weighted by molar-refractivity contribution is 0.477. The smallest absolute Gasteiger partial charge is 0.193 e. The molecule has 0 bridgehead atoms. The van der Waals surface area contributed by atoms with Gasteiger partial charge in [0.2, 0.25) is 0 Å². The van der Waals surface area contributed by atoms with E-state index in [0.29, 0.717) is 17.5 Å². The Labute approximate surface area is 131 Å². The van der Waals surface area contributed by atoms with E-state index in [1.165, 1.54) is 6.26 Å². The van der Waals surface area contributed by atoms with Crippen LogP contribution in [0.5, 0.6) is 0 Å². The number of nitrogens with one attached hydrogen (secondary N) is 1. The van der Waals surface area contributed by atoms with Gasteiger partial charge in [-0.15, -0.1) is 0 Å². The van der Waals surface area contributed by atoms with Gasteiger partial charge in [-0.05, 0) is 24.6 Å². The Morgan fingerprint density at radius 2 is 1.95 bits per heavy atom. The Bertz CT molecular complexity index is 570. The average molecular weight is 332 g/mol. The maximum Gasteiger partial charge on any atom is 0.193 e. The number of sulfone groups is 1. The van der Waals surface area contributed by atoms with Gasteiger partial charge in [-0.2, -0.15) is 0 Å². The molecule has 1 aromatic carbocycles. The van der Waals surface area contributed by atoms with E-state index in [-0.39, 0.29) is 12.3 Å². The fraction of sp³-hybridized carbons (Fsp3) is 0.500. The van der Waals surface area contributed by atoms with Crippen LogP contribution in [0.2, 0.25) is 5.02 Å². The van der Waals surface area contributed by atoms with Gasteiger partial charge in [0.25, 0.3) is 0 Å². The minimum atomic E-state index is -2.99. The van der Waals surface area contributed by atoms with E-state index >= 15 is 0 Å². The van der Waals surface area contributed by atoms with Gasteiger partial charge in [-0.1, -0.05) is 23.7 Å². The molecule has 1 aromatic rings. The molecule has 0 atom stereocenters. The molecule has 118 valence electrons. The molecule has 0 aliphatic carbocycles. The highest BCUT2D eigenvalue weighted by Gasteiger charge is 2.07. The quantitative estimate of drug-likeness (QED) is 0.637. The van der Waals surface area contributed by atoms with Crippen molar-refractivity contribution < 1.29 is 8.42 Å². The molecule has 0 heterocycles. The number of benzene rings is 1. The molecule has 1 rings (SSSR count). The van der Waals surface area contributed by atoms with Crippen molar-refractivity contribution in [1.29, 1.82) is 0 Å². The van der Waals surface area contributed by atoms with E-state index in [9.17, 15) is 8.42 Å². The highest BCUT2D eigenvalue weighted by Crippen LogP contribution is 2.11. The summed E-state index contributed by atoms with van der Waals surface area (Å²) in [6, 6.07) is 7.61. The molecule has 0 fully saturated rings. The normalized spacial score (nSPS) is 12.3. The predicted octanol–water partition coefficient (Wildman–Crippen LogP) is 1.78. The third kappa shape index (κ3) is 7.34. The Morgan fingerprint density at radius 3 is 2.48 bits per heavy atom. The lowest BCUT2D eigenvalue weighted by Crippen LogP contribution is -2.38. The van der Waals surface area contributed by atoms with Crippen molar-refractivity contribution in [2.24, 2.45) is 4.99 Å². The molecular formula is C14H22ClN3O2S. The van der Waals surface area contributed by atoms with Gasteiger partial charge in [-0.3, -0.25) is 4.99 Å². The summed E-state index contributed by atoms with van der Waals surface area (Å²) in [7, 11) is -1.08. The molecule has 0 aliphatic heterocycles. The van der Waals surface area contributed by atoms with Crippen molar-refractivity contribution in [2.75, 3.05) is 32.1 Å². The highest BCUT2D eigenvalue weighted by atomic mass is 35.5. The Kier molecular flexibility index (Phi) is 6.98. The first-order valence-corrected chi connectivity index (χ1v) is 9.17. The van der Waals surface area contributed by atoms with E-state index in [1.54, 1.807) is 0 Å². The Morgan fingerprint density at radius 1 is 1.33 bits per heavy atom. The number of hydrogen-bond acceptors (Lipinski definition) is 3. The Balaban J connectivity index is 2.69. The standard InChI is InChI=1S/C14H22ClN3O2S/c1-4-16-14(17-9-10-21(3,19)20)18(2)11-12-5-7-13(15)8-6-12/h5-8H,4,9-11H2,1-3H3,(H,16,17). The third-order valence-corrected chi connectivity index (χ3v) is 3.93. The van der Waals surface area contributed by atoms with Gasteiger partial charge < -0.3 is 10.2 Å².